The van der Waals surface area contributed by atoms with Crippen molar-refractivity contribution in [3.63, 3.8) is 0 Å². The fourth-order valence-electron chi connectivity index (χ4n) is 4.33. The monoisotopic (exact) mass is 305 g/mol. The molecule has 3 unspecified atom stereocenters. The van der Waals surface area contributed by atoms with E-state index in [0.29, 0.717) is 11.8 Å². The summed E-state index contributed by atoms with van der Waals surface area (Å²) < 4.78 is 0. The van der Waals surface area contributed by atoms with Crippen LogP contribution in [0.5, 0.6) is 0 Å². The molecule has 2 heterocycles. The van der Waals surface area contributed by atoms with Crippen LogP contribution >= 0.6 is 0 Å². The first-order chi connectivity index (χ1) is 11.3. The molecule has 0 saturated carbocycles. The Morgan fingerprint density at radius 3 is 2.22 bits per heavy atom. The average molecular weight is 305 g/mol. The summed E-state index contributed by atoms with van der Waals surface area (Å²) in [5, 5.41) is 0. The highest BCUT2D eigenvalue weighted by atomic mass is 16.1. The Labute approximate surface area is 138 Å². The molecule has 2 heteroatoms. The molecule has 118 valence electrons. The van der Waals surface area contributed by atoms with E-state index < -0.39 is 0 Å². The van der Waals surface area contributed by atoms with Gasteiger partial charge in [-0.05, 0) is 36.8 Å². The maximum absolute atomic E-state index is 12.9. The van der Waals surface area contributed by atoms with Crippen LogP contribution in [0, 0.1) is 5.92 Å². The van der Waals surface area contributed by atoms with E-state index in [1.807, 2.05) is 6.07 Å². The molecule has 2 aliphatic rings. The fraction of sp³-hybridized carbons (Fsp3) is 0.381. The third-order valence-electron chi connectivity index (χ3n) is 5.46. The molecule has 2 saturated heterocycles. The van der Waals surface area contributed by atoms with Gasteiger partial charge in [0.1, 0.15) is 0 Å². The number of hydrogen-bond donors (Lipinski definition) is 0. The van der Waals surface area contributed by atoms with Crippen LogP contribution in [-0.2, 0) is 17.8 Å². The average Bonchev–Trinajstić information content (AvgIpc) is 2.90. The van der Waals surface area contributed by atoms with Crippen LogP contribution in [0.1, 0.15) is 30.4 Å². The summed E-state index contributed by atoms with van der Waals surface area (Å²) in [5.74, 6) is 0.681. The van der Waals surface area contributed by atoms with Gasteiger partial charge >= 0.3 is 0 Å². The molecule has 0 aliphatic carbocycles. The van der Waals surface area contributed by atoms with Gasteiger partial charge in [-0.2, -0.15) is 0 Å². The Morgan fingerprint density at radius 2 is 1.52 bits per heavy atom. The second-order valence-electron chi connectivity index (χ2n) is 6.93. The van der Waals surface area contributed by atoms with Crippen LogP contribution in [0.3, 0.4) is 0 Å². The molecule has 2 aromatic rings. The predicted molar refractivity (Wildman–Crippen MR) is 92.1 cm³/mol. The summed E-state index contributed by atoms with van der Waals surface area (Å²) in [6.45, 7) is 0.917. The molecule has 0 amide bonds. The fourth-order valence-corrected chi connectivity index (χ4v) is 4.33. The minimum absolute atomic E-state index is 0.141. The summed E-state index contributed by atoms with van der Waals surface area (Å²) >= 11 is 0. The zero-order chi connectivity index (χ0) is 15.6. The minimum atomic E-state index is 0.141. The van der Waals surface area contributed by atoms with Crippen molar-refractivity contribution in [2.45, 2.75) is 44.3 Å². The van der Waals surface area contributed by atoms with E-state index >= 15 is 0 Å². The molecular weight excluding hydrogens is 282 g/mol. The lowest BCUT2D eigenvalue weighted by Crippen LogP contribution is -2.49. The Morgan fingerprint density at radius 1 is 0.870 bits per heavy atom. The van der Waals surface area contributed by atoms with E-state index in [9.17, 15) is 4.79 Å². The number of benzene rings is 2. The molecular formula is C21H23NO. The molecule has 0 spiro atoms. The van der Waals surface area contributed by atoms with Crippen molar-refractivity contribution in [2.24, 2.45) is 5.92 Å². The van der Waals surface area contributed by atoms with Crippen molar-refractivity contribution in [1.29, 1.82) is 0 Å². The predicted octanol–water partition coefficient (Wildman–Crippen LogP) is 3.85. The Hall–Kier alpha value is -1.93. The SMILES string of the molecule is O=C1C(Cc2ccccc2)CC2CCC1N2Cc1ccccc1. The molecule has 3 atom stereocenters. The Bertz CT molecular complexity index is 667. The van der Waals surface area contributed by atoms with Gasteiger partial charge in [0, 0.05) is 18.5 Å². The molecule has 2 nitrogen and oxygen atoms in total. The third kappa shape index (κ3) is 2.96. The second kappa shape index (κ2) is 6.29. The molecule has 2 bridgehead atoms. The van der Waals surface area contributed by atoms with Gasteiger partial charge in [-0.25, -0.2) is 0 Å². The van der Waals surface area contributed by atoms with Crippen molar-refractivity contribution < 1.29 is 4.79 Å². The van der Waals surface area contributed by atoms with Crippen LogP contribution in [-0.4, -0.2) is 22.8 Å². The van der Waals surface area contributed by atoms with E-state index in [0.717, 1.165) is 25.8 Å². The lowest BCUT2D eigenvalue weighted by molar-refractivity contribution is -0.131. The van der Waals surface area contributed by atoms with Gasteiger partial charge in [-0.3, -0.25) is 9.69 Å². The highest BCUT2D eigenvalue weighted by molar-refractivity contribution is 5.88. The largest absolute Gasteiger partial charge is 0.298 e. The van der Waals surface area contributed by atoms with Crippen LogP contribution in [0.2, 0.25) is 0 Å². The first-order valence-electron chi connectivity index (χ1n) is 8.68. The van der Waals surface area contributed by atoms with Crippen molar-refractivity contribution in [3.8, 4) is 0 Å². The van der Waals surface area contributed by atoms with E-state index in [4.69, 9.17) is 0 Å². The van der Waals surface area contributed by atoms with Gasteiger partial charge in [0.25, 0.3) is 0 Å². The van der Waals surface area contributed by atoms with Gasteiger partial charge in [0.2, 0.25) is 0 Å². The number of Topliss-reactive ketones (excluding diaryl/α,β-unsaturated/α-hetero) is 1. The van der Waals surface area contributed by atoms with E-state index in [1.54, 1.807) is 0 Å². The van der Waals surface area contributed by atoms with Gasteiger partial charge in [0.05, 0.1) is 6.04 Å². The first-order valence-corrected chi connectivity index (χ1v) is 8.68. The number of carbonyl (C=O) groups is 1. The van der Waals surface area contributed by atoms with Crippen LogP contribution < -0.4 is 0 Å². The number of piperidine rings is 1. The summed E-state index contributed by atoms with van der Waals surface area (Å²) in [6.07, 6.45) is 4.15. The normalized spacial score (nSPS) is 27.3. The van der Waals surface area contributed by atoms with Crippen LogP contribution in [0.15, 0.2) is 60.7 Å². The second-order valence-corrected chi connectivity index (χ2v) is 6.93. The zero-order valence-corrected chi connectivity index (χ0v) is 13.4. The number of hydrogen-bond acceptors (Lipinski definition) is 2. The van der Waals surface area contributed by atoms with Crippen molar-refractivity contribution >= 4 is 5.78 Å². The number of carbonyl (C=O) groups excluding carboxylic acids is 1. The van der Waals surface area contributed by atoms with Gasteiger partial charge in [-0.15, -0.1) is 0 Å². The molecule has 0 radical (unpaired) electrons. The van der Waals surface area contributed by atoms with Crippen molar-refractivity contribution in [2.75, 3.05) is 0 Å². The molecule has 2 fully saturated rings. The van der Waals surface area contributed by atoms with Gasteiger partial charge < -0.3 is 0 Å². The highest BCUT2D eigenvalue weighted by Crippen LogP contribution is 2.38. The maximum Gasteiger partial charge on any atom is 0.153 e. The van der Waals surface area contributed by atoms with Crippen LogP contribution in [0.4, 0.5) is 0 Å². The van der Waals surface area contributed by atoms with E-state index in [2.05, 4.69) is 59.5 Å². The smallest absolute Gasteiger partial charge is 0.153 e. The summed E-state index contributed by atoms with van der Waals surface area (Å²) in [4.78, 5) is 15.4. The Balaban J connectivity index is 1.48. The standard InChI is InChI=1S/C21H23NO/c23-21-18(13-16-7-3-1-4-8-16)14-19-11-12-20(21)22(19)15-17-9-5-2-6-10-17/h1-10,18-20H,11-15H2. The van der Waals surface area contributed by atoms with E-state index in [-0.39, 0.29) is 12.0 Å². The van der Waals surface area contributed by atoms with E-state index in [1.165, 1.54) is 17.5 Å². The molecule has 2 aromatic carbocycles. The zero-order valence-electron chi connectivity index (χ0n) is 13.4. The number of rotatable bonds is 4. The summed E-state index contributed by atoms with van der Waals surface area (Å²) in [7, 11) is 0. The lowest BCUT2D eigenvalue weighted by atomic mass is 9.84. The molecule has 2 aliphatic heterocycles. The first kappa shape index (κ1) is 14.6. The Kier molecular flexibility index (Phi) is 4.00. The topological polar surface area (TPSA) is 20.3 Å². The molecule has 23 heavy (non-hydrogen) atoms. The van der Waals surface area contributed by atoms with Crippen molar-refractivity contribution in [1.82, 2.24) is 4.90 Å². The molecule has 4 rings (SSSR count). The lowest BCUT2D eigenvalue weighted by Gasteiger charge is -2.38. The van der Waals surface area contributed by atoms with Crippen molar-refractivity contribution in [3.05, 3.63) is 71.8 Å². The summed E-state index contributed by atoms with van der Waals surface area (Å²) in [5.41, 5.74) is 2.61. The number of nitrogens with zero attached hydrogens (tertiary/aromatic N) is 1. The third-order valence-corrected chi connectivity index (χ3v) is 5.46. The number of ketones is 1. The summed E-state index contributed by atoms with van der Waals surface area (Å²) in [6, 6.07) is 21.7. The maximum atomic E-state index is 12.9. The van der Waals surface area contributed by atoms with Gasteiger partial charge in [0.15, 0.2) is 5.78 Å². The molecule has 0 N–H and O–H groups in total. The molecule has 0 aromatic heterocycles. The highest BCUT2D eigenvalue weighted by Gasteiger charge is 2.45. The number of fused-ring (bicyclic) bond motifs is 2. The minimum Gasteiger partial charge on any atom is -0.298 e. The van der Waals surface area contributed by atoms with Gasteiger partial charge in [-0.1, -0.05) is 60.7 Å². The van der Waals surface area contributed by atoms with Crippen LogP contribution in [0.25, 0.3) is 0 Å². The quantitative estimate of drug-likeness (QED) is 0.855.